The van der Waals surface area contributed by atoms with Crippen LogP contribution in [0.5, 0.6) is 0 Å². The number of carbonyl (C=O) groups excluding carboxylic acids is 2. The number of benzene rings is 1. The van der Waals surface area contributed by atoms with Gasteiger partial charge in [0, 0.05) is 25.8 Å². The highest BCUT2D eigenvalue weighted by Crippen LogP contribution is 2.16. The molecule has 0 fully saturated rings. The van der Waals surface area contributed by atoms with Crippen molar-refractivity contribution in [2.45, 2.75) is 65.1 Å². The Morgan fingerprint density at radius 1 is 1.00 bits per heavy atom. The molecule has 31 heavy (non-hydrogen) atoms. The number of nitrogens with zero attached hydrogens (tertiary/aromatic N) is 1. The lowest BCUT2D eigenvalue weighted by Crippen LogP contribution is -2.57. The minimum absolute atomic E-state index is 0.429. The monoisotopic (exact) mass is 435 g/mol. The van der Waals surface area contributed by atoms with E-state index in [1.807, 2.05) is 46.8 Å². The highest BCUT2D eigenvalue weighted by Gasteiger charge is 2.30. The third kappa shape index (κ3) is 9.59. The third-order valence-electron chi connectivity index (χ3n) is 4.78. The molecule has 0 radical (unpaired) electrons. The lowest BCUT2D eigenvalue weighted by Gasteiger charge is -2.34. The number of rotatable bonds is 8. The first kappa shape index (κ1) is 26.1. The second kappa shape index (κ2) is 12.0. The van der Waals surface area contributed by atoms with Crippen LogP contribution in [0.4, 0.5) is 15.3 Å². The van der Waals surface area contributed by atoms with Gasteiger partial charge in [-0.25, -0.2) is 9.59 Å². The van der Waals surface area contributed by atoms with Gasteiger partial charge in [-0.2, -0.15) is 0 Å². The SMILES string of the molecule is CCC(CC)(CNC(=NC)NCc1ccc(NC(=O)OC)cc1)NC(=O)OC(C)(C)C. The summed E-state index contributed by atoms with van der Waals surface area (Å²) in [4.78, 5) is 27.8. The Balaban J connectivity index is 2.64. The standard InChI is InChI=1S/C22H37N5O4/c1-8-22(9-2,27-20(29)31-21(3,4)5)15-25-18(23-6)24-14-16-10-12-17(13-11-16)26-19(28)30-7/h10-13H,8-9,14-15H2,1-7H3,(H,26,28)(H,27,29)(H2,23,24,25). The first-order chi connectivity index (χ1) is 14.6. The number of aliphatic imine (C=N–C) groups is 1. The van der Waals surface area contributed by atoms with E-state index in [1.165, 1.54) is 7.11 Å². The molecule has 9 heteroatoms. The molecule has 174 valence electrons. The highest BCUT2D eigenvalue weighted by atomic mass is 16.6. The predicted molar refractivity (Wildman–Crippen MR) is 123 cm³/mol. The Morgan fingerprint density at radius 2 is 1.61 bits per heavy atom. The number of nitrogens with one attached hydrogen (secondary N) is 4. The molecule has 1 rings (SSSR count). The number of carbonyl (C=O) groups is 2. The maximum absolute atomic E-state index is 12.3. The second-order valence-electron chi connectivity index (χ2n) is 8.21. The highest BCUT2D eigenvalue weighted by molar-refractivity contribution is 5.84. The summed E-state index contributed by atoms with van der Waals surface area (Å²) in [6.07, 6.45) is 0.537. The summed E-state index contributed by atoms with van der Waals surface area (Å²) in [6.45, 7) is 10.6. The fraction of sp³-hybridized carbons (Fsp3) is 0.591. The summed E-state index contributed by atoms with van der Waals surface area (Å²) < 4.78 is 10.00. The van der Waals surface area contributed by atoms with E-state index in [4.69, 9.17) is 4.74 Å². The third-order valence-corrected chi connectivity index (χ3v) is 4.78. The van der Waals surface area contributed by atoms with Gasteiger partial charge in [-0.3, -0.25) is 10.3 Å². The summed E-state index contributed by atoms with van der Waals surface area (Å²) in [5.41, 5.74) is 0.662. The number of amides is 2. The molecule has 9 nitrogen and oxygen atoms in total. The largest absolute Gasteiger partial charge is 0.453 e. The van der Waals surface area contributed by atoms with E-state index in [-0.39, 0.29) is 0 Å². The van der Waals surface area contributed by atoms with Gasteiger partial charge >= 0.3 is 12.2 Å². The zero-order valence-corrected chi connectivity index (χ0v) is 19.7. The van der Waals surface area contributed by atoms with Crippen LogP contribution in [0.2, 0.25) is 0 Å². The molecule has 1 aromatic carbocycles. The zero-order chi connectivity index (χ0) is 23.5. The van der Waals surface area contributed by atoms with Crippen molar-refractivity contribution in [3.05, 3.63) is 29.8 Å². The fourth-order valence-corrected chi connectivity index (χ4v) is 2.78. The summed E-state index contributed by atoms with van der Waals surface area (Å²) in [7, 11) is 3.01. The molecule has 4 N–H and O–H groups in total. The van der Waals surface area contributed by atoms with E-state index in [0.717, 1.165) is 18.4 Å². The van der Waals surface area contributed by atoms with E-state index in [2.05, 4.69) is 31.0 Å². The zero-order valence-electron chi connectivity index (χ0n) is 19.7. The van der Waals surface area contributed by atoms with Crippen molar-refractivity contribution >= 4 is 23.8 Å². The van der Waals surface area contributed by atoms with E-state index in [0.29, 0.717) is 24.7 Å². The van der Waals surface area contributed by atoms with E-state index >= 15 is 0 Å². The first-order valence-electron chi connectivity index (χ1n) is 10.5. The van der Waals surface area contributed by atoms with Crippen molar-refractivity contribution in [3.8, 4) is 0 Å². The summed E-state index contributed by atoms with van der Waals surface area (Å²) in [5, 5.41) is 12.2. The van der Waals surface area contributed by atoms with Gasteiger partial charge in [-0.15, -0.1) is 0 Å². The van der Waals surface area contributed by atoms with Gasteiger partial charge < -0.3 is 25.4 Å². The number of ether oxygens (including phenoxy) is 2. The summed E-state index contributed by atoms with van der Waals surface area (Å²) in [5.74, 6) is 0.619. The van der Waals surface area contributed by atoms with Crippen molar-refractivity contribution in [1.82, 2.24) is 16.0 Å². The first-order valence-corrected chi connectivity index (χ1v) is 10.5. The average molecular weight is 436 g/mol. The second-order valence-corrected chi connectivity index (χ2v) is 8.21. The normalized spacial score (nSPS) is 12.0. The Kier molecular flexibility index (Phi) is 10.1. The number of anilines is 1. The smallest absolute Gasteiger partial charge is 0.411 e. The maximum atomic E-state index is 12.3. The Labute approximate surface area is 185 Å². The van der Waals surface area contributed by atoms with Crippen molar-refractivity contribution in [2.75, 3.05) is 26.0 Å². The average Bonchev–Trinajstić information content (AvgIpc) is 2.72. The topological polar surface area (TPSA) is 113 Å². The van der Waals surface area contributed by atoms with Gasteiger partial charge in [0.15, 0.2) is 5.96 Å². The van der Waals surface area contributed by atoms with Gasteiger partial charge in [0.1, 0.15) is 5.60 Å². The predicted octanol–water partition coefficient (Wildman–Crippen LogP) is 3.61. The van der Waals surface area contributed by atoms with Crippen LogP contribution in [0.25, 0.3) is 0 Å². The number of guanidine groups is 1. The van der Waals surface area contributed by atoms with Crippen LogP contribution in [-0.4, -0.2) is 50.0 Å². The quantitative estimate of drug-likeness (QED) is 0.366. The van der Waals surface area contributed by atoms with Gasteiger partial charge in [0.05, 0.1) is 12.6 Å². The van der Waals surface area contributed by atoms with Crippen molar-refractivity contribution in [2.24, 2.45) is 4.99 Å². The summed E-state index contributed by atoms with van der Waals surface area (Å²) in [6, 6.07) is 7.40. The van der Waals surface area contributed by atoms with Gasteiger partial charge in [-0.05, 0) is 51.3 Å². The van der Waals surface area contributed by atoms with Crippen molar-refractivity contribution in [3.63, 3.8) is 0 Å². The molecule has 0 aromatic heterocycles. The molecular weight excluding hydrogens is 398 g/mol. The number of hydrogen-bond acceptors (Lipinski definition) is 5. The minimum Gasteiger partial charge on any atom is -0.453 e. The molecule has 0 saturated heterocycles. The number of methoxy groups -OCH3 is 1. The molecule has 0 saturated carbocycles. The molecule has 0 unspecified atom stereocenters. The van der Waals surface area contributed by atoms with Crippen molar-refractivity contribution in [1.29, 1.82) is 0 Å². The van der Waals surface area contributed by atoms with Crippen LogP contribution in [0.15, 0.2) is 29.3 Å². The molecule has 0 aliphatic rings. The van der Waals surface area contributed by atoms with E-state index in [9.17, 15) is 9.59 Å². The molecule has 2 amide bonds. The van der Waals surface area contributed by atoms with Crippen LogP contribution in [0.1, 0.15) is 53.0 Å². The molecular formula is C22H37N5O4. The van der Waals surface area contributed by atoms with E-state index in [1.54, 1.807) is 19.2 Å². The van der Waals surface area contributed by atoms with Gasteiger partial charge in [0.2, 0.25) is 0 Å². The van der Waals surface area contributed by atoms with Gasteiger partial charge in [-0.1, -0.05) is 26.0 Å². The lowest BCUT2D eigenvalue weighted by atomic mass is 9.93. The Morgan fingerprint density at radius 3 is 2.10 bits per heavy atom. The van der Waals surface area contributed by atoms with Crippen LogP contribution in [0.3, 0.4) is 0 Å². The van der Waals surface area contributed by atoms with E-state index < -0.39 is 23.3 Å². The molecule has 0 aliphatic heterocycles. The summed E-state index contributed by atoms with van der Waals surface area (Å²) >= 11 is 0. The Bertz CT molecular complexity index is 737. The molecule has 0 aliphatic carbocycles. The van der Waals surface area contributed by atoms with Crippen LogP contribution in [-0.2, 0) is 16.0 Å². The molecule has 1 aromatic rings. The van der Waals surface area contributed by atoms with Crippen LogP contribution in [0, 0.1) is 0 Å². The molecule has 0 heterocycles. The van der Waals surface area contributed by atoms with Crippen LogP contribution >= 0.6 is 0 Å². The Hall–Kier alpha value is -2.97. The van der Waals surface area contributed by atoms with Gasteiger partial charge in [0.25, 0.3) is 0 Å². The molecule has 0 atom stereocenters. The molecule has 0 spiro atoms. The maximum Gasteiger partial charge on any atom is 0.411 e. The van der Waals surface area contributed by atoms with Crippen molar-refractivity contribution < 1.29 is 19.1 Å². The number of hydrogen-bond donors (Lipinski definition) is 4. The lowest BCUT2D eigenvalue weighted by molar-refractivity contribution is 0.0448. The van der Waals surface area contributed by atoms with Crippen LogP contribution < -0.4 is 21.3 Å². The minimum atomic E-state index is -0.551. The fourth-order valence-electron chi connectivity index (χ4n) is 2.78. The number of alkyl carbamates (subject to hydrolysis) is 1. The molecule has 0 bridgehead atoms.